The van der Waals surface area contributed by atoms with Crippen LogP contribution in [0.15, 0.2) is 76.6 Å². The molecule has 0 N–H and O–H groups in total. The van der Waals surface area contributed by atoms with Gasteiger partial charge in [-0.25, -0.2) is 4.98 Å². The Hall–Kier alpha value is -4.47. The Labute approximate surface area is 197 Å². The maximum absolute atomic E-state index is 13.3. The normalized spacial score (nSPS) is 11.7. The second-order valence-electron chi connectivity index (χ2n) is 7.36. The van der Waals surface area contributed by atoms with Gasteiger partial charge in [0.15, 0.2) is 17.3 Å². The van der Waals surface area contributed by atoms with Crippen LogP contribution in [0.4, 0.5) is 13.2 Å². The summed E-state index contributed by atoms with van der Waals surface area (Å²) in [5.74, 6) is -0.355. The molecular formula is C25H18F3N3O4. The molecule has 10 heteroatoms. The van der Waals surface area contributed by atoms with Crippen LogP contribution in [0.25, 0.3) is 22.3 Å². The number of hydrogen-bond donors (Lipinski definition) is 0. The van der Waals surface area contributed by atoms with Gasteiger partial charge >= 0.3 is 12.1 Å². The highest BCUT2D eigenvalue weighted by Gasteiger charge is 2.31. The fourth-order valence-corrected chi connectivity index (χ4v) is 3.42. The van der Waals surface area contributed by atoms with E-state index in [0.29, 0.717) is 11.1 Å². The van der Waals surface area contributed by atoms with Gasteiger partial charge < -0.3 is 9.47 Å². The number of halogens is 3. The minimum atomic E-state index is -4.58. The fraction of sp³-hybridized carbons (Fsp3) is 0.120. The van der Waals surface area contributed by atoms with E-state index in [1.54, 1.807) is 42.5 Å². The molecule has 0 aliphatic rings. The standard InChI is InChI=1S/C25H18F3N3O4/c1-15(32)35-22-17(8-6-12-21(22)34-2)14-29-31-23(16-7-5-9-18(13-16)25(26,27)28)30-20-11-4-3-10-19(20)24(31)33/h3-14H,1-2H3. The van der Waals surface area contributed by atoms with Crippen molar-refractivity contribution in [1.29, 1.82) is 0 Å². The smallest absolute Gasteiger partial charge is 0.416 e. The quantitative estimate of drug-likeness (QED) is 0.230. The van der Waals surface area contributed by atoms with Gasteiger partial charge in [-0.2, -0.15) is 22.9 Å². The number of rotatable bonds is 5. The average molecular weight is 481 g/mol. The minimum absolute atomic E-state index is 0.0469. The first kappa shape index (κ1) is 23.7. The van der Waals surface area contributed by atoms with Crippen LogP contribution < -0.4 is 15.0 Å². The molecule has 4 rings (SSSR count). The number of para-hydroxylation sites is 2. The number of carbonyl (C=O) groups excluding carboxylic acids is 1. The number of ether oxygens (including phenoxy) is 2. The number of carbonyl (C=O) groups is 1. The molecule has 0 saturated heterocycles. The van der Waals surface area contributed by atoms with Crippen LogP contribution in [-0.2, 0) is 11.0 Å². The summed E-state index contributed by atoms with van der Waals surface area (Å²) < 4.78 is 51.4. The summed E-state index contributed by atoms with van der Waals surface area (Å²) in [6, 6.07) is 15.7. The molecule has 3 aromatic carbocycles. The van der Waals surface area contributed by atoms with Crippen LogP contribution in [0, 0.1) is 0 Å². The monoisotopic (exact) mass is 481 g/mol. The first-order chi connectivity index (χ1) is 16.7. The molecule has 0 aliphatic heterocycles. The molecule has 0 fully saturated rings. The molecule has 0 amide bonds. The zero-order valence-corrected chi connectivity index (χ0v) is 18.5. The van der Waals surface area contributed by atoms with E-state index in [1.807, 2.05) is 0 Å². The van der Waals surface area contributed by atoms with E-state index in [4.69, 9.17) is 9.47 Å². The Bertz CT molecular complexity index is 1510. The van der Waals surface area contributed by atoms with E-state index in [9.17, 15) is 22.8 Å². The number of esters is 1. The van der Waals surface area contributed by atoms with E-state index in [-0.39, 0.29) is 28.3 Å². The van der Waals surface area contributed by atoms with Crippen molar-refractivity contribution in [2.75, 3.05) is 7.11 Å². The van der Waals surface area contributed by atoms with Crippen LogP contribution >= 0.6 is 0 Å². The third kappa shape index (κ3) is 4.91. The lowest BCUT2D eigenvalue weighted by molar-refractivity contribution is -0.137. The molecule has 0 radical (unpaired) electrons. The molecule has 7 nitrogen and oxygen atoms in total. The SMILES string of the molecule is COc1cccc(C=Nn2c(-c3cccc(C(F)(F)F)c3)nc3ccccc3c2=O)c1OC(C)=O. The van der Waals surface area contributed by atoms with Crippen molar-refractivity contribution in [3.63, 3.8) is 0 Å². The highest BCUT2D eigenvalue weighted by atomic mass is 19.4. The summed E-state index contributed by atoms with van der Waals surface area (Å²) in [4.78, 5) is 29.3. The van der Waals surface area contributed by atoms with Crippen LogP contribution in [0.2, 0.25) is 0 Å². The Kier molecular flexibility index (Phi) is 6.37. The first-order valence-corrected chi connectivity index (χ1v) is 10.3. The van der Waals surface area contributed by atoms with Crippen LogP contribution in [-0.4, -0.2) is 29.0 Å². The van der Waals surface area contributed by atoms with Gasteiger partial charge in [-0.15, -0.1) is 0 Å². The van der Waals surface area contributed by atoms with Crippen molar-refractivity contribution in [2.45, 2.75) is 13.1 Å². The topological polar surface area (TPSA) is 82.8 Å². The molecule has 0 saturated carbocycles. The summed E-state index contributed by atoms with van der Waals surface area (Å²) in [6.45, 7) is 1.22. The Morgan fingerprint density at radius 2 is 1.80 bits per heavy atom. The lowest BCUT2D eigenvalue weighted by atomic mass is 10.1. The maximum atomic E-state index is 13.3. The summed E-state index contributed by atoms with van der Waals surface area (Å²) in [5, 5.41) is 4.45. The van der Waals surface area contributed by atoms with Crippen molar-refractivity contribution >= 4 is 23.1 Å². The van der Waals surface area contributed by atoms with Gasteiger partial charge in [-0.3, -0.25) is 9.59 Å². The molecule has 0 aliphatic carbocycles. The largest absolute Gasteiger partial charge is 0.493 e. The Morgan fingerprint density at radius 1 is 1.06 bits per heavy atom. The van der Waals surface area contributed by atoms with E-state index < -0.39 is 23.3 Å². The molecule has 1 heterocycles. The molecule has 4 aromatic rings. The second kappa shape index (κ2) is 9.41. The van der Waals surface area contributed by atoms with E-state index in [2.05, 4.69) is 10.1 Å². The third-order valence-corrected chi connectivity index (χ3v) is 4.99. The van der Waals surface area contributed by atoms with E-state index >= 15 is 0 Å². The molecule has 0 atom stereocenters. The number of hydrogen-bond acceptors (Lipinski definition) is 6. The second-order valence-corrected chi connectivity index (χ2v) is 7.36. The average Bonchev–Trinajstić information content (AvgIpc) is 2.83. The van der Waals surface area contributed by atoms with Crippen molar-refractivity contribution in [3.8, 4) is 22.9 Å². The summed E-state index contributed by atoms with van der Waals surface area (Å²) in [7, 11) is 1.40. The van der Waals surface area contributed by atoms with Gasteiger partial charge in [0.2, 0.25) is 0 Å². The Morgan fingerprint density at radius 3 is 2.51 bits per heavy atom. The molecule has 1 aromatic heterocycles. The molecule has 178 valence electrons. The van der Waals surface area contributed by atoms with Gasteiger partial charge in [0.25, 0.3) is 5.56 Å². The van der Waals surface area contributed by atoms with Gasteiger partial charge in [-0.1, -0.05) is 30.3 Å². The van der Waals surface area contributed by atoms with Crippen molar-refractivity contribution in [1.82, 2.24) is 9.66 Å². The number of alkyl halides is 3. The minimum Gasteiger partial charge on any atom is -0.493 e. The zero-order valence-electron chi connectivity index (χ0n) is 18.5. The van der Waals surface area contributed by atoms with Gasteiger partial charge in [0.1, 0.15) is 0 Å². The summed E-state index contributed by atoms with van der Waals surface area (Å²) in [6.07, 6.45) is -3.34. The van der Waals surface area contributed by atoms with Crippen LogP contribution in [0.5, 0.6) is 11.5 Å². The van der Waals surface area contributed by atoms with Crippen molar-refractivity contribution < 1.29 is 27.4 Å². The van der Waals surface area contributed by atoms with Crippen LogP contribution in [0.3, 0.4) is 0 Å². The third-order valence-electron chi connectivity index (χ3n) is 4.99. The molecule has 0 bridgehead atoms. The first-order valence-electron chi connectivity index (χ1n) is 10.3. The molecular weight excluding hydrogens is 463 g/mol. The number of benzene rings is 3. The lowest BCUT2D eigenvalue weighted by Gasteiger charge is -2.13. The van der Waals surface area contributed by atoms with E-state index in [0.717, 1.165) is 16.8 Å². The Balaban J connectivity index is 1.94. The predicted octanol–water partition coefficient (Wildman–Crippen LogP) is 4.90. The molecule has 35 heavy (non-hydrogen) atoms. The number of nitrogens with zero attached hydrogens (tertiary/aromatic N) is 3. The van der Waals surface area contributed by atoms with E-state index in [1.165, 1.54) is 32.4 Å². The highest BCUT2D eigenvalue weighted by molar-refractivity contribution is 5.87. The molecule has 0 unspecified atom stereocenters. The number of aromatic nitrogens is 2. The van der Waals surface area contributed by atoms with Crippen molar-refractivity contribution in [3.05, 3.63) is 88.2 Å². The maximum Gasteiger partial charge on any atom is 0.416 e. The highest BCUT2D eigenvalue weighted by Crippen LogP contribution is 2.32. The van der Waals surface area contributed by atoms with Crippen molar-refractivity contribution in [2.24, 2.45) is 5.10 Å². The number of fused-ring (bicyclic) bond motifs is 1. The number of methoxy groups -OCH3 is 1. The lowest BCUT2D eigenvalue weighted by Crippen LogP contribution is -2.20. The predicted molar refractivity (Wildman–Crippen MR) is 124 cm³/mol. The molecule has 0 spiro atoms. The fourth-order valence-electron chi connectivity index (χ4n) is 3.42. The van der Waals surface area contributed by atoms with Crippen LogP contribution in [0.1, 0.15) is 18.1 Å². The summed E-state index contributed by atoms with van der Waals surface area (Å²) >= 11 is 0. The van der Waals surface area contributed by atoms with Gasteiger partial charge in [-0.05, 0) is 36.4 Å². The van der Waals surface area contributed by atoms with Gasteiger partial charge in [0, 0.05) is 18.1 Å². The summed E-state index contributed by atoms with van der Waals surface area (Å²) in [5.41, 5.74) is -0.826. The van der Waals surface area contributed by atoms with Gasteiger partial charge in [0.05, 0.1) is 29.8 Å². The zero-order chi connectivity index (χ0) is 25.2.